The van der Waals surface area contributed by atoms with Crippen molar-refractivity contribution >= 4 is 16.9 Å². The lowest BCUT2D eigenvalue weighted by molar-refractivity contribution is 0.0421. The molecule has 6 heteroatoms. The van der Waals surface area contributed by atoms with Gasteiger partial charge in [0, 0.05) is 51.6 Å². The van der Waals surface area contributed by atoms with Gasteiger partial charge in [-0.1, -0.05) is 0 Å². The molecule has 4 rings (SSSR count). The summed E-state index contributed by atoms with van der Waals surface area (Å²) in [4.78, 5) is 11.4. The van der Waals surface area contributed by atoms with Gasteiger partial charge in [0.2, 0.25) is 0 Å². The quantitative estimate of drug-likeness (QED) is 0.934. The summed E-state index contributed by atoms with van der Waals surface area (Å²) in [5.74, 6) is 0.962. The van der Waals surface area contributed by atoms with E-state index in [-0.39, 0.29) is 0 Å². The summed E-state index contributed by atoms with van der Waals surface area (Å²) in [6.07, 6.45) is 7.20. The maximum Gasteiger partial charge on any atom is 0.145 e. The number of likely N-dealkylation sites (tertiary alicyclic amines) is 1. The van der Waals surface area contributed by atoms with Crippen molar-refractivity contribution in [3.63, 3.8) is 0 Å². The molecule has 118 valence electrons. The topological polar surface area (TPSA) is 55.2 Å². The molecule has 1 unspecified atom stereocenters. The highest BCUT2D eigenvalue weighted by Gasteiger charge is 2.29. The molecular formula is C16H23N5O. The van der Waals surface area contributed by atoms with Gasteiger partial charge in [0.25, 0.3) is 0 Å². The molecule has 22 heavy (non-hydrogen) atoms. The first-order valence-electron chi connectivity index (χ1n) is 8.15. The largest absolute Gasteiger partial charge is 0.381 e. The maximum atomic E-state index is 5.47. The van der Waals surface area contributed by atoms with Gasteiger partial charge >= 0.3 is 0 Å². The maximum absolute atomic E-state index is 5.47. The highest BCUT2D eigenvalue weighted by atomic mass is 16.5. The molecule has 0 bridgehead atoms. The van der Waals surface area contributed by atoms with Crippen LogP contribution in [0.2, 0.25) is 0 Å². The molecule has 0 amide bonds. The monoisotopic (exact) mass is 301 g/mol. The molecule has 1 atom stereocenters. The Hall–Kier alpha value is -1.66. The molecule has 2 aliphatic rings. The summed E-state index contributed by atoms with van der Waals surface area (Å²) in [5, 5.41) is 4.73. The Morgan fingerprint density at radius 3 is 2.95 bits per heavy atom. The van der Waals surface area contributed by atoms with Crippen molar-refractivity contribution in [3.05, 3.63) is 18.6 Å². The van der Waals surface area contributed by atoms with E-state index in [1.807, 2.05) is 17.8 Å². The van der Waals surface area contributed by atoms with E-state index < -0.39 is 0 Å². The summed E-state index contributed by atoms with van der Waals surface area (Å²) in [5.41, 5.74) is 0.983. The molecule has 2 aromatic rings. The second-order valence-corrected chi connectivity index (χ2v) is 6.35. The van der Waals surface area contributed by atoms with Crippen molar-refractivity contribution in [3.8, 4) is 0 Å². The smallest absolute Gasteiger partial charge is 0.145 e. The molecule has 4 heterocycles. The van der Waals surface area contributed by atoms with Crippen LogP contribution in [0.5, 0.6) is 0 Å². The van der Waals surface area contributed by atoms with Crippen molar-refractivity contribution in [1.29, 1.82) is 0 Å². The van der Waals surface area contributed by atoms with E-state index in [9.17, 15) is 0 Å². The van der Waals surface area contributed by atoms with Gasteiger partial charge in [-0.25, -0.2) is 9.97 Å². The Balaban J connectivity index is 1.45. The summed E-state index contributed by atoms with van der Waals surface area (Å²) >= 11 is 0. The average Bonchev–Trinajstić information content (AvgIpc) is 3.17. The van der Waals surface area contributed by atoms with Crippen molar-refractivity contribution in [1.82, 2.24) is 19.4 Å². The minimum Gasteiger partial charge on any atom is -0.381 e. The lowest BCUT2D eigenvalue weighted by atomic mass is 10.1. The minimum atomic E-state index is 0.473. The summed E-state index contributed by atoms with van der Waals surface area (Å²) in [7, 11) is 2.02. The molecule has 2 aliphatic heterocycles. The van der Waals surface area contributed by atoms with Gasteiger partial charge in [0.1, 0.15) is 17.8 Å². The van der Waals surface area contributed by atoms with Crippen LogP contribution < -0.4 is 5.32 Å². The van der Waals surface area contributed by atoms with E-state index in [0.717, 1.165) is 36.6 Å². The number of hydrogen-bond donors (Lipinski definition) is 1. The molecule has 2 aromatic heterocycles. The van der Waals surface area contributed by atoms with E-state index in [2.05, 4.69) is 26.3 Å². The molecule has 1 N–H and O–H groups in total. The molecule has 2 saturated heterocycles. The molecule has 0 aliphatic carbocycles. The van der Waals surface area contributed by atoms with Gasteiger partial charge in [0.05, 0.1) is 5.39 Å². The highest BCUT2D eigenvalue weighted by molar-refractivity contribution is 5.87. The van der Waals surface area contributed by atoms with E-state index in [4.69, 9.17) is 4.74 Å². The zero-order chi connectivity index (χ0) is 14.9. The van der Waals surface area contributed by atoms with Gasteiger partial charge < -0.3 is 14.6 Å². The number of nitrogens with zero attached hydrogens (tertiary/aromatic N) is 4. The Morgan fingerprint density at radius 2 is 2.09 bits per heavy atom. The fourth-order valence-corrected chi connectivity index (χ4v) is 3.67. The lowest BCUT2D eigenvalue weighted by Gasteiger charge is -2.31. The third-order valence-electron chi connectivity index (χ3n) is 4.93. The van der Waals surface area contributed by atoms with Gasteiger partial charge in [-0.15, -0.1) is 0 Å². The number of aromatic nitrogens is 3. The average molecular weight is 301 g/mol. The Morgan fingerprint density at radius 1 is 1.23 bits per heavy atom. The van der Waals surface area contributed by atoms with Crippen molar-refractivity contribution < 1.29 is 4.74 Å². The Labute approximate surface area is 130 Å². The molecule has 6 nitrogen and oxygen atoms in total. The predicted octanol–water partition coefficient (Wildman–Crippen LogP) is 1.63. The fraction of sp³-hybridized carbons (Fsp3) is 0.625. The molecule has 0 spiro atoms. The van der Waals surface area contributed by atoms with Crippen LogP contribution in [0, 0.1) is 0 Å². The van der Waals surface area contributed by atoms with Crippen LogP contribution in [0.25, 0.3) is 11.0 Å². The first-order chi connectivity index (χ1) is 10.8. The van der Waals surface area contributed by atoms with Gasteiger partial charge in [-0.2, -0.15) is 0 Å². The lowest BCUT2D eigenvalue weighted by Crippen LogP contribution is -2.39. The number of nitrogens with one attached hydrogen (secondary N) is 1. The van der Waals surface area contributed by atoms with E-state index >= 15 is 0 Å². The molecule has 0 saturated carbocycles. The number of hydrogen-bond acceptors (Lipinski definition) is 5. The number of aryl methyl sites for hydroxylation is 1. The molecule has 0 aromatic carbocycles. The Bertz CT molecular complexity index is 649. The normalized spacial score (nSPS) is 24.1. The van der Waals surface area contributed by atoms with Crippen molar-refractivity contribution in [2.75, 3.05) is 31.6 Å². The SMILES string of the molecule is Cn1ccc2c(NC3CCN(C4CCOCC4)C3)ncnc21. The molecule has 0 radical (unpaired) electrons. The van der Waals surface area contributed by atoms with Crippen molar-refractivity contribution in [2.24, 2.45) is 7.05 Å². The number of anilines is 1. The van der Waals surface area contributed by atoms with E-state index in [0.29, 0.717) is 12.1 Å². The number of fused-ring (bicyclic) bond motifs is 1. The number of ether oxygens (including phenoxy) is 1. The fourth-order valence-electron chi connectivity index (χ4n) is 3.67. The zero-order valence-corrected chi connectivity index (χ0v) is 13.0. The standard InChI is InChI=1S/C16H23N5O/c1-20-6-3-14-15(17-11-18-16(14)20)19-12-2-7-21(10-12)13-4-8-22-9-5-13/h3,6,11-13H,2,4-5,7-10H2,1H3,(H,17,18,19). The summed E-state index contributed by atoms with van der Waals surface area (Å²) in [6, 6.07) is 3.26. The van der Waals surface area contributed by atoms with Crippen LogP contribution in [0.15, 0.2) is 18.6 Å². The van der Waals surface area contributed by atoms with Gasteiger partial charge in [-0.3, -0.25) is 4.90 Å². The van der Waals surface area contributed by atoms with E-state index in [1.54, 1.807) is 6.33 Å². The van der Waals surface area contributed by atoms with Gasteiger partial charge in [0.15, 0.2) is 0 Å². The van der Waals surface area contributed by atoms with Crippen molar-refractivity contribution in [2.45, 2.75) is 31.3 Å². The van der Waals surface area contributed by atoms with Crippen LogP contribution in [0.1, 0.15) is 19.3 Å². The Kier molecular flexibility index (Phi) is 3.72. The zero-order valence-electron chi connectivity index (χ0n) is 13.0. The first kappa shape index (κ1) is 14.0. The van der Waals surface area contributed by atoms with Crippen LogP contribution in [-0.2, 0) is 11.8 Å². The van der Waals surface area contributed by atoms with Gasteiger partial charge in [-0.05, 0) is 25.3 Å². The molecule has 2 fully saturated rings. The van der Waals surface area contributed by atoms with Crippen LogP contribution >= 0.6 is 0 Å². The van der Waals surface area contributed by atoms with Crippen LogP contribution in [-0.4, -0.2) is 57.8 Å². The van der Waals surface area contributed by atoms with Crippen LogP contribution in [0.3, 0.4) is 0 Å². The van der Waals surface area contributed by atoms with Crippen LogP contribution in [0.4, 0.5) is 5.82 Å². The third kappa shape index (κ3) is 2.57. The first-order valence-corrected chi connectivity index (χ1v) is 8.15. The minimum absolute atomic E-state index is 0.473. The summed E-state index contributed by atoms with van der Waals surface area (Å²) in [6.45, 7) is 4.10. The van der Waals surface area contributed by atoms with E-state index in [1.165, 1.54) is 25.8 Å². The second-order valence-electron chi connectivity index (χ2n) is 6.35. The molecular weight excluding hydrogens is 278 g/mol. The number of rotatable bonds is 3. The highest BCUT2D eigenvalue weighted by Crippen LogP contribution is 2.25. The second kappa shape index (κ2) is 5.85. The third-order valence-corrected chi connectivity index (χ3v) is 4.93. The predicted molar refractivity (Wildman–Crippen MR) is 86.0 cm³/mol. The summed E-state index contributed by atoms with van der Waals surface area (Å²) < 4.78 is 7.50.